The van der Waals surface area contributed by atoms with E-state index in [2.05, 4.69) is 4.74 Å². The molecule has 0 amide bonds. The summed E-state index contributed by atoms with van der Waals surface area (Å²) in [4.78, 5) is 10.8. The first kappa shape index (κ1) is 9.48. The van der Waals surface area contributed by atoms with Crippen LogP contribution < -0.4 is 0 Å². The number of aliphatic hydroxyl groups excluding tert-OH is 1. The highest BCUT2D eigenvalue weighted by atomic mass is 16.6. The monoisotopic (exact) mass is 174 g/mol. The molecule has 1 saturated carbocycles. The van der Waals surface area contributed by atoms with Crippen LogP contribution in [0.15, 0.2) is 0 Å². The second-order valence-electron chi connectivity index (χ2n) is 2.86. The van der Waals surface area contributed by atoms with Gasteiger partial charge in [-0.25, -0.2) is 4.79 Å². The average molecular weight is 174 g/mol. The molecule has 0 aliphatic heterocycles. The lowest BCUT2D eigenvalue weighted by Crippen LogP contribution is -2.36. The van der Waals surface area contributed by atoms with E-state index in [1.54, 1.807) is 6.92 Å². The van der Waals surface area contributed by atoms with Crippen molar-refractivity contribution in [3.05, 3.63) is 0 Å². The molecule has 0 aromatic rings. The average Bonchev–Trinajstić information content (AvgIpc) is 1.96. The largest absolute Gasteiger partial charge is 0.464 e. The number of esters is 1. The van der Waals surface area contributed by atoms with E-state index in [9.17, 15) is 4.79 Å². The van der Waals surface area contributed by atoms with E-state index in [0.29, 0.717) is 19.4 Å². The minimum Gasteiger partial charge on any atom is -0.464 e. The van der Waals surface area contributed by atoms with Crippen molar-refractivity contribution in [3.8, 4) is 0 Å². The molecular weight excluding hydrogens is 160 g/mol. The first-order valence-corrected chi connectivity index (χ1v) is 4.17. The molecule has 1 rings (SSSR count). The molecule has 70 valence electrons. The second-order valence-corrected chi connectivity index (χ2v) is 2.86. The molecule has 1 fully saturated rings. The number of ether oxygens (including phenoxy) is 2. The van der Waals surface area contributed by atoms with Crippen molar-refractivity contribution in [1.29, 1.82) is 0 Å². The summed E-state index contributed by atoms with van der Waals surface area (Å²) in [7, 11) is 0. The van der Waals surface area contributed by atoms with Gasteiger partial charge in [0.1, 0.15) is 6.61 Å². The first-order valence-electron chi connectivity index (χ1n) is 4.17. The van der Waals surface area contributed by atoms with Gasteiger partial charge < -0.3 is 14.6 Å². The summed E-state index contributed by atoms with van der Waals surface area (Å²) >= 11 is 0. The Bertz CT molecular complexity index is 151. The molecule has 4 heteroatoms. The molecule has 0 heterocycles. The standard InChI is InChI=1S/C8H14O4/c1-2-11-8(10)5-12-7-3-6(9)4-7/h6-7,9H,2-5H2,1H3/t6-,7+. The van der Waals surface area contributed by atoms with E-state index < -0.39 is 0 Å². The zero-order valence-electron chi connectivity index (χ0n) is 7.16. The summed E-state index contributed by atoms with van der Waals surface area (Å²) in [5.74, 6) is -0.334. The van der Waals surface area contributed by atoms with Gasteiger partial charge in [-0.3, -0.25) is 0 Å². The highest BCUT2D eigenvalue weighted by Crippen LogP contribution is 2.22. The van der Waals surface area contributed by atoms with Crippen molar-refractivity contribution in [1.82, 2.24) is 0 Å². The summed E-state index contributed by atoms with van der Waals surface area (Å²) in [5, 5.41) is 8.89. The van der Waals surface area contributed by atoms with Gasteiger partial charge in [-0.05, 0) is 19.8 Å². The summed E-state index contributed by atoms with van der Waals surface area (Å²) in [6.07, 6.45) is 1.08. The van der Waals surface area contributed by atoms with Crippen molar-refractivity contribution in [2.45, 2.75) is 32.0 Å². The molecule has 0 aromatic heterocycles. The quantitative estimate of drug-likeness (QED) is 0.614. The number of carbonyl (C=O) groups is 1. The number of hydrogen-bond donors (Lipinski definition) is 1. The Morgan fingerprint density at radius 1 is 1.58 bits per heavy atom. The third-order valence-corrected chi connectivity index (χ3v) is 1.81. The van der Waals surface area contributed by atoms with Crippen LogP contribution in [0, 0.1) is 0 Å². The highest BCUT2D eigenvalue weighted by Gasteiger charge is 2.28. The molecule has 0 spiro atoms. The van der Waals surface area contributed by atoms with E-state index in [4.69, 9.17) is 9.84 Å². The lowest BCUT2D eigenvalue weighted by Gasteiger charge is -2.30. The summed E-state index contributed by atoms with van der Waals surface area (Å²) in [5.41, 5.74) is 0. The van der Waals surface area contributed by atoms with Crippen LogP contribution in [0.25, 0.3) is 0 Å². The van der Waals surface area contributed by atoms with Gasteiger partial charge in [0.15, 0.2) is 0 Å². The summed E-state index contributed by atoms with van der Waals surface area (Å²) < 4.78 is 9.79. The van der Waals surface area contributed by atoms with Crippen LogP contribution in [-0.4, -0.2) is 36.5 Å². The fraction of sp³-hybridized carbons (Fsp3) is 0.875. The third kappa shape index (κ3) is 2.79. The Labute approximate surface area is 71.5 Å². The van der Waals surface area contributed by atoms with E-state index in [-0.39, 0.29) is 24.8 Å². The summed E-state index contributed by atoms with van der Waals surface area (Å²) in [6, 6.07) is 0. The maximum Gasteiger partial charge on any atom is 0.332 e. The predicted molar refractivity (Wildman–Crippen MR) is 41.6 cm³/mol. The van der Waals surface area contributed by atoms with E-state index in [1.807, 2.05) is 0 Å². The predicted octanol–water partition coefficient (Wildman–Crippen LogP) is 0.0894. The maximum atomic E-state index is 10.8. The smallest absolute Gasteiger partial charge is 0.332 e. The molecule has 0 radical (unpaired) electrons. The molecular formula is C8H14O4. The molecule has 1 aliphatic carbocycles. The van der Waals surface area contributed by atoms with Crippen LogP contribution in [-0.2, 0) is 14.3 Å². The van der Waals surface area contributed by atoms with Gasteiger partial charge >= 0.3 is 5.97 Å². The van der Waals surface area contributed by atoms with Gasteiger partial charge in [-0.1, -0.05) is 0 Å². The van der Waals surface area contributed by atoms with Crippen molar-refractivity contribution >= 4 is 5.97 Å². The molecule has 0 bridgehead atoms. The fourth-order valence-corrected chi connectivity index (χ4v) is 1.06. The van der Waals surface area contributed by atoms with E-state index in [0.717, 1.165) is 0 Å². The van der Waals surface area contributed by atoms with E-state index in [1.165, 1.54) is 0 Å². The van der Waals surface area contributed by atoms with Crippen LogP contribution in [0.4, 0.5) is 0 Å². The van der Waals surface area contributed by atoms with Crippen LogP contribution >= 0.6 is 0 Å². The Balaban J connectivity index is 1.98. The molecule has 0 aromatic carbocycles. The molecule has 1 aliphatic rings. The Hall–Kier alpha value is -0.610. The van der Waals surface area contributed by atoms with Gasteiger partial charge in [-0.2, -0.15) is 0 Å². The van der Waals surface area contributed by atoms with Crippen LogP contribution in [0.2, 0.25) is 0 Å². The second kappa shape index (κ2) is 4.42. The molecule has 0 atom stereocenters. The highest BCUT2D eigenvalue weighted by molar-refractivity contribution is 5.70. The van der Waals surface area contributed by atoms with Crippen LogP contribution in [0.5, 0.6) is 0 Å². The molecule has 1 N–H and O–H groups in total. The van der Waals surface area contributed by atoms with Crippen molar-refractivity contribution in [3.63, 3.8) is 0 Å². The fourth-order valence-electron chi connectivity index (χ4n) is 1.06. The van der Waals surface area contributed by atoms with Gasteiger partial charge in [0.05, 0.1) is 18.8 Å². The van der Waals surface area contributed by atoms with Crippen LogP contribution in [0.1, 0.15) is 19.8 Å². The van der Waals surface area contributed by atoms with Gasteiger partial charge in [0.25, 0.3) is 0 Å². The van der Waals surface area contributed by atoms with Gasteiger partial charge in [0, 0.05) is 0 Å². The maximum absolute atomic E-state index is 10.8. The SMILES string of the molecule is CCOC(=O)CO[C@H]1C[C@@H](O)C1. The van der Waals surface area contributed by atoms with Gasteiger partial charge in [-0.15, -0.1) is 0 Å². The van der Waals surface area contributed by atoms with Crippen molar-refractivity contribution < 1.29 is 19.4 Å². The van der Waals surface area contributed by atoms with Crippen molar-refractivity contribution in [2.75, 3.05) is 13.2 Å². The number of rotatable bonds is 4. The minimum atomic E-state index is -0.334. The zero-order valence-corrected chi connectivity index (χ0v) is 7.16. The lowest BCUT2D eigenvalue weighted by molar-refractivity contribution is -0.155. The first-order chi connectivity index (χ1) is 5.72. The third-order valence-electron chi connectivity index (χ3n) is 1.81. The molecule has 0 saturated heterocycles. The topological polar surface area (TPSA) is 55.8 Å². The van der Waals surface area contributed by atoms with E-state index >= 15 is 0 Å². The molecule has 0 unspecified atom stereocenters. The molecule has 4 nitrogen and oxygen atoms in total. The Kier molecular flexibility index (Phi) is 3.49. The van der Waals surface area contributed by atoms with Gasteiger partial charge in [0.2, 0.25) is 0 Å². The summed E-state index contributed by atoms with van der Waals surface area (Å²) in [6.45, 7) is 2.14. The lowest BCUT2D eigenvalue weighted by atomic mass is 9.92. The van der Waals surface area contributed by atoms with Crippen molar-refractivity contribution in [2.24, 2.45) is 0 Å². The number of carbonyl (C=O) groups excluding carboxylic acids is 1. The molecule has 12 heavy (non-hydrogen) atoms. The zero-order chi connectivity index (χ0) is 8.97. The van der Waals surface area contributed by atoms with Crippen LogP contribution in [0.3, 0.4) is 0 Å². The minimum absolute atomic E-state index is 0.00519. The Morgan fingerprint density at radius 2 is 2.25 bits per heavy atom. The normalized spacial score (nSPS) is 27.8. The Morgan fingerprint density at radius 3 is 2.75 bits per heavy atom. The number of aliphatic hydroxyl groups is 1. The number of hydrogen-bond acceptors (Lipinski definition) is 4.